The Morgan fingerprint density at radius 2 is 2.44 bits per heavy atom. The van der Waals surface area contributed by atoms with Crippen LogP contribution in [-0.4, -0.2) is 11.0 Å². The number of hydrogen-bond donors (Lipinski definition) is 1. The van der Waals surface area contributed by atoms with Gasteiger partial charge in [0, 0.05) is 6.04 Å². The molecule has 0 saturated heterocycles. The molecule has 0 unspecified atom stereocenters. The van der Waals surface area contributed by atoms with Gasteiger partial charge in [0.15, 0.2) is 5.76 Å². The van der Waals surface area contributed by atoms with Crippen molar-refractivity contribution in [3.63, 3.8) is 0 Å². The fourth-order valence-corrected chi connectivity index (χ4v) is 2.51. The molecule has 1 N–H and O–H groups in total. The van der Waals surface area contributed by atoms with E-state index in [2.05, 4.69) is 28.7 Å². The fraction of sp³-hybridized carbons (Fsp3) is 0.417. The average molecular weight is 234 g/mol. The maximum Gasteiger partial charge on any atom is 0.208 e. The van der Waals surface area contributed by atoms with Crippen LogP contribution in [0.5, 0.6) is 0 Å². The van der Waals surface area contributed by atoms with Crippen molar-refractivity contribution in [2.75, 3.05) is 0 Å². The number of nitrogens with one attached hydrogen (secondary N) is 1. The smallest absolute Gasteiger partial charge is 0.208 e. The van der Waals surface area contributed by atoms with Gasteiger partial charge in [-0.1, -0.05) is 0 Å². The molecule has 84 valence electrons. The van der Waals surface area contributed by atoms with E-state index in [0.717, 1.165) is 18.2 Å². The highest BCUT2D eigenvalue weighted by atomic mass is 32.1. The van der Waals surface area contributed by atoms with Gasteiger partial charge in [0.1, 0.15) is 0 Å². The Labute approximate surface area is 98.5 Å². The SMILES string of the molecule is Cc1ccsc1-c1cnc(CNC2CC2)o1. The van der Waals surface area contributed by atoms with E-state index in [1.165, 1.54) is 23.3 Å². The third-order valence-corrected chi connectivity index (χ3v) is 3.79. The van der Waals surface area contributed by atoms with Crippen molar-refractivity contribution >= 4 is 11.3 Å². The zero-order valence-corrected chi connectivity index (χ0v) is 10.0. The van der Waals surface area contributed by atoms with Gasteiger partial charge in [-0.2, -0.15) is 0 Å². The van der Waals surface area contributed by atoms with Crippen LogP contribution in [0.3, 0.4) is 0 Å². The van der Waals surface area contributed by atoms with Crippen molar-refractivity contribution in [3.8, 4) is 10.6 Å². The lowest BCUT2D eigenvalue weighted by Crippen LogP contribution is -2.15. The summed E-state index contributed by atoms with van der Waals surface area (Å²) in [6, 6.07) is 2.80. The lowest BCUT2D eigenvalue weighted by Gasteiger charge is -1.97. The van der Waals surface area contributed by atoms with Gasteiger partial charge in [-0.3, -0.25) is 0 Å². The van der Waals surface area contributed by atoms with Crippen LogP contribution < -0.4 is 5.32 Å². The van der Waals surface area contributed by atoms with E-state index in [4.69, 9.17) is 4.42 Å². The molecule has 0 spiro atoms. The van der Waals surface area contributed by atoms with Crippen LogP contribution in [0.1, 0.15) is 24.3 Å². The van der Waals surface area contributed by atoms with E-state index in [1.807, 2.05) is 6.20 Å². The number of aromatic nitrogens is 1. The minimum absolute atomic E-state index is 0.693. The maximum absolute atomic E-state index is 5.72. The standard InChI is InChI=1S/C12H14N2OS/c1-8-4-5-16-12(8)10-6-14-11(15-10)7-13-9-2-3-9/h4-6,9,13H,2-3,7H2,1H3. The van der Waals surface area contributed by atoms with Crippen LogP contribution in [0.25, 0.3) is 10.6 Å². The second-order valence-corrected chi connectivity index (χ2v) is 5.12. The molecule has 2 aromatic heterocycles. The molecule has 0 aromatic carbocycles. The van der Waals surface area contributed by atoms with Crippen molar-refractivity contribution in [2.45, 2.75) is 32.4 Å². The van der Waals surface area contributed by atoms with Crippen LogP contribution in [0.15, 0.2) is 22.1 Å². The Hall–Kier alpha value is -1.13. The summed E-state index contributed by atoms with van der Waals surface area (Å²) in [6.07, 6.45) is 4.40. The largest absolute Gasteiger partial charge is 0.438 e. The number of nitrogens with zero attached hydrogens (tertiary/aromatic N) is 1. The molecule has 0 atom stereocenters. The van der Waals surface area contributed by atoms with Crippen LogP contribution in [0.2, 0.25) is 0 Å². The molecule has 0 amide bonds. The van der Waals surface area contributed by atoms with Crippen molar-refractivity contribution in [2.24, 2.45) is 0 Å². The number of oxazole rings is 1. The Kier molecular flexibility index (Phi) is 2.53. The second kappa shape index (κ2) is 4.03. The quantitative estimate of drug-likeness (QED) is 0.883. The summed E-state index contributed by atoms with van der Waals surface area (Å²) in [5, 5.41) is 5.47. The molecule has 1 aliphatic rings. The third kappa shape index (κ3) is 2.03. The Balaban J connectivity index is 1.74. The summed E-state index contributed by atoms with van der Waals surface area (Å²) >= 11 is 1.70. The Morgan fingerprint density at radius 1 is 1.56 bits per heavy atom. The lowest BCUT2D eigenvalue weighted by molar-refractivity contribution is 0.477. The lowest BCUT2D eigenvalue weighted by atomic mass is 10.2. The summed E-state index contributed by atoms with van der Waals surface area (Å²) < 4.78 is 5.72. The molecule has 3 nitrogen and oxygen atoms in total. The molecular formula is C12H14N2OS. The van der Waals surface area contributed by atoms with E-state index in [0.29, 0.717) is 6.04 Å². The molecule has 2 heterocycles. The van der Waals surface area contributed by atoms with E-state index < -0.39 is 0 Å². The number of aryl methyl sites for hydroxylation is 1. The van der Waals surface area contributed by atoms with Crippen LogP contribution in [-0.2, 0) is 6.54 Å². The minimum atomic E-state index is 0.693. The van der Waals surface area contributed by atoms with Gasteiger partial charge >= 0.3 is 0 Å². The first-order valence-electron chi connectivity index (χ1n) is 5.55. The first-order chi connectivity index (χ1) is 7.83. The highest BCUT2D eigenvalue weighted by Crippen LogP contribution is 2.29. The highest BCUT2D eigenvalue weighted by Gasteiger charge is 2.21. The molecule has 1 fully saturated rings. The van der Waals surface area contributed by atoms with Crippen LogP contribution >= 0.6 is 11.3 Å². The van der Waals surface area contributed by atoms with Gasteiger partial charge in [-0.25, -0.2) is 4.98 Å². The third-order valence-electron chi connectivity index (χ3n) is 2.76. The van der Waals surface area contributed by atoms with Gasteiger partial charge in [0.05, 0.1) is 17.6 Å². The van der Waals surface area contributed by atoms with E-state index >= 15 is 0 Å². The van der Waals surface area contributed by atoms with E-state index in [-0.39, 0.29) is 0 Å². The van der Waals surface area contributed by atoms with Crippen LogP contribution in [0, 0.1) is 6.92 Å². The van der Waals surface area contributed by atoms with Crippen molar-refractivity contribution in [1.29, 1.82) is 0 Å². The molecule has 1 aliphatic carbocycles. The normalized spacial score (nSPS) is 15.6. The zero-order chi connectivity index (χ0) is 11.0. The van der Waals surface area contributed by atoms with Gasteiger partial charge in [0.2, 0.25) is 5.89 Å². The van der Waals surface area contributed by atoms with Gasteiger partial charge in [-0.15, -0.1) is 11.3 Å². The number of rotatable bonds is 4. The first kappa shape index (κ1) is 10.1. The predicted molar refractivity (Wildman–Crippen MR) is 64.4 cm³/mol. The number of hydrogen-bond acceptors (Lipinski definition) is 4. The minimum Gasteiger partial charge on any atom is -0.438 e. The van der Waals surface area contributed by atoms with Gasteiger partial charge < -0.3 is 9.73 Å². The number of thiophene rings is 1. The summed E-state index contributed by atoms with van der Waals surface area (Å²) in [7, 11) is 0. The average Bonchev–Trinajstić information content (AvgIpc) is 2.82. The molecule has 2 aromatic rings. The van der Waals surface area contributed by atoms with Crippen molar-refractivity contribution in [3.05, 3.63) is 29.1 Å². The van der Waals surface area contributed by atoms with E-state index in [9.17, 15) is 0 Å². The fourth-order valence-electron chi connectivity index (χ4n) is 1.64. The molecular weight excluding hydrogens is 220 g/mol. The highest BCUT2D eigenvalue weighted by molar-refractivity contribution is 7.13. The monoisotopic (exact) mass is 234 g/mol. The maximum atomic E-state index is 5.72. The molecule has 0 radical (unpaired) electrons. The molecule has 1 saturated carbocycles. The Morgan fingerprint density at radius 3 is 3.12 bits per heavy atom. The van der Waals surface area contributed by atoms with Crippen LogP contribution in [0.4, 0.5) is 0 Å². The molecule has 16 heavy (non-hydrogen) atoms. The van der Waals surface area contributed by atoms with Gasteiger partial charge in [0.25, 0.3) is 0 Å². The summed E-state index contributed by atoms with van der Waals surface area (Å²) in [5.41, 5.74) is 1.25. The van der Waals surface area contributed by atoms with Crippen molar-refractivity contribution < 1.29 is 4.42 Å². The molecule has 3 rings (SSSR count). The van der Waals surface area contributed by atoms with Crippen molar-refractivity contribution in [1.82, 2.24) is 10.3 Å². The summed E-state index contributed by atoms with van der Waals surface area (Å²) in [6.45, 7) is 2.84. The molecule has 0 bridgehead atoms. The Bertz CT molecular complexity index is 485. The molecule has 4 heteroatoms. The summed E-state index contributed by atoms with van der Waals surface area (Å²) in [4.78, 5) is 5.48. The first-order valence-corrected chi connectivity index (χ1v) is 6.43. The predicted octanol–water partition coefficient (Wildman–Crippen LogP) is 2.96. The van der Waals surface area contributed by atoms with E-state index in [1.54, 1.807) is 11.3 Å². The van der Waals surface area contributed by atoms with Gasteiger partial charge in [-0.05, 0) is 36.8 Å². The molecule has 0 aliphatic heterocycles. The topological polar surface area (TPSA) is 38.1 Å². The zero-order valence-electron chi connectivity index (χ0n) is 9.19. The summed E-state index contributed by atoms with van der Waals surface area (Å²) in [5.74, 6) is 1.68. The second-order valence-electron chi connectivity index (χ2n) is 4.21.